The minimum atomic E-state index is -0.712. The number of ether oxygens (including phenoxy) is 1. The predicted octanol–water partition coefficient (Wildman–Crippen LogP) is 3.84. The van der Waals surface area contributed by atoms with Gasteiger partial charge in [0.05, 0.1) is 11.9 Å². The quantitative estimate of drug-likeness (QED) is 0.671. The van der Waals surface area contributed by atoms with Crippen LogP contribution < -0.4 is 10.6 Å². The Labute approximate surface area is 169 Å². The van der Waals surface area contributed by atoms with Gasteiger partial charge in [0.15, 0.2) is 6.29 Å². The summed E-state index contributed by atoms with van der Waals surface area (Å²) in [5, 5.41) is 6.63. The molecule has 28 heavy (non-hydrogen) atoms. The number of carbonyl (C=O) groups is 1. The zero-order valence-corrected chi connectivity index (χ0v) is 17.4. The third kappa shape index (κ3) is 3.26. The summed E-state index contributed by atoms with van der Waals surface area (Å²) in [5.74, 6) is 1.62. The molecule has 2 fully saturated rings. The second kappa shape index (κ2) is 7.55. The van der Waals surface area contributed by atoms with Crippen LogP contribution in [0.4, 0.5) is 0 Å². The number of methoxy groups -OCH3 is 1. The molecule has 0 aliphatic heterocycles. The van der Waals surface area contributed by atoms with Crippen molar-refractivity contribution in [2.24, 2.45) is 11.3 Å². The molecule has 0 saturated heterocycles. The molecular formula is C24H34N2O2. The number of fused-ring (bicyclic) bond motifs is 1. The van der Waals surface area contributed by atoms with Crippen molar-refractivity contribution in [1.29, 1.82) is 0 Å². The van der Waals surface area contributed by atoms with Gasteiger partial charge < -0.3 is 20.2 Å². The van der Waals surface area contributed by atoms with Gasteiger partial charge in [-0.15, -0.1) is 0 Å². The van der Waals surface area contributed by atoms with Crippen LogP contribution in [0, 0.1) is 11.3 Å². The molecule has 1 aromatic carbocycles. The number of aldehydes is 1. The van der Waals surface area contributed by atoms with Gasteiger partial charge in [-0.2, -0.15) is 0 Å². The largest absolute Gasteiger partial charge is 0.381 e. The Kier molecular flexibility index (Phi) is 5.26. The van der Waals surface area contributed by atoms with Crippen LogP contribution in [0.5, 0.6) is 0 Å². The van der Waals surface area contributed by atoms with Gasteiger partial charge in [-0.25, -0.2) is 0 Å². The lowest BCUT2D eigenvalue weighted by Gasteiger charge is -2.48. The van der Waals surface area contributed by atoms with E-state index in [1.54, 1.807) is 7.11 Å². The fourth-order valence-electron chi connectivity index (χ4n) is 5.54. The zero-order chi connectivity index (χ0) is 19.8. The van der Waals surface area contributed by atoms with E-state index in [0.717, 1.165) is 44.4 Å². The average Bonchev–Trinajstić information content (AvgIpc) is 3.52. The van der Waals surface area contributed by atoms with Gasteiger partial charge in [0.1, 0.15) is 5.54 Å². The van der Waals surface area contributed by atoms with E-state index in [1.165, 1.54) is 42.2 Å². The summed E-state index contributed by atoms with van der Waals surface area (Å²) in [4.78, 5) is 12.8. The summed E-state index contributed by atoms with van der Waals surface area (Å²) >= 11 is 0. The second-order valence-electron chi connectivity index (χ2n) is 9.15. The molecule has 1 atom stereocenters. The fraction of sp³-hybridized carbons (Fsp3) is 0.625. The van der Waals surface area contributed by atoms with Crippen LogP contribution in [0.25, 0.3) is 0 Å². The van der Waals surface area contributed by atoms with Crippen LogP contribution in [0.15, 0.2) is 30.6 Å². The molecule has 1 spiro atoms. The van der Waals surface area contributed by atoms with Crippen LogP contribution in [-0.2, 0) is 27.9 Å². The highest BCUT2D eigenvalue weighted by Crippen LogP contribution is 2.57. The molecule has 152 valence electrons. The SMILES string of the molecule is C=C(NC)NC1(C=O)c2cc(CCC3CC3)ccc2CC12CCC(OC)CC2. The maximum absolute atomic E-state index is 12.8. The molecule has 1 unspecified atom stereocenters. The Bertz CT molecular complexity index is 747. The lowest BCUT2D eigenvalue weighted by atomic mass is 9.62. The molecule has 4 rings (SSSR count). The number of hydrogen-bond donors (Lipinski definition) is 2. The number of nitrogens with one attached hydrogen (secondary N) is 2. The normalized spacial score (nSPS) is 31.4. The lowest BCUT2D eigenvalue weighted by molar-refractivity contribution is -0.121. The van der Waals surface area contributed by atoms with Gasteiger partial charge in [-0.1, -0.05) is 37.6 Å². The monoisotopic (exact) mass is 382 g/mol. The van der Waals surface area contributed by atoms with Crippen molar-refractivity contribution in [2.75, 3.05) is 14.2 Å². The van der Waals surface area contributed by atoms with E-state index in [1.807, 2.05) is 7.05 Å². The Balaban J connectivity index is 1.70. The average molecular weight is 383 g/mol. The molecule has 2 N–H and O–H groups in total. The van der Waals surface area contributed by atoms with Gasteiger partial charge in [-0.3, -0.25) is 0 Å². The first-order chi connectivity index (χ1) is 13.6. The van der Waals surface area contributed by atoms with E-state index >= 15 is 0 Å². The van der Waals surface area contributed by atoms with Gasteiger partial charge in [0.2, 0.25) is 0 Å². The van der Waals surface area contributed by atoms with Crippen LogP contribution in [-0.4, -0.2) is 26.5 Å². The highest BCUT2D eigenvalue weighted by molar-refractivity contribution is 5.74. The standard InChI is InChI=1S/C24H34N2O2/c1-17(25-2)26-24(16-27)22-14-19(7-6-18-4-5-18)8-9-20(22)15-23(24)12-10-21(28-3)11-13-23/h8-9,14,16,18,21,25-26H,1,4-7,10-13,15H2,2-3H3. The molecular weight excluding hydrogens is 348 g/mol. The highest BCUT2D eigenvalue weighted by atomic mass is 16.5. The third-order valence-electron chi connectivity index (χ3n) is 7.55. The van der Waals surface area contributed by atoms with E-state index in [-0.39, 0.29) is 5.41 Å². The first-order valence-corrected chi connectivity index (χ1v) is 10.8. The minimum Gasteiger partial charge on any atom is -0.381 e. The smallest absolute Gasteiger partial charge is 0.150 e. The fourth-order valence-corrected chi connectivity index (χ4v) is 5.54. The molecule has 4 heteroatoms. The number of carbonyl (C=O) groups excluding carboxylic acids is 1. The Hall–Kier alpha value is -1.81. The van der Waals surface area contributed by atoms with E-state index in [4.69, 9.17) is 4.74 Å². The van der Waals surface area contributed by atoms with Gasteiger partial charge >= 0.3 is 0 Å². The van der Waals surface area contributed by atoms with Crippen LogP contribution >= 0.6 is 0 Å². The number of rotatable bonds is 8. The Morgan fingerprint density at radius 2 is 2.04 bits per heavy atom. The summed E-state index contributed by atoms with van der Waals surface area (Å²) in [6.45, 7) is 4.10. The third-order valence-corrected chi connectivity index (χ3v) is 7.55. The Morgan fingerprint density at radius 3 is 2.64 bits per heavy atom. The number of hydrogen-bond acceptors (Lipinski definition) is 4. The maximum Gasteiger partial charge on any atom is 0.150 e. The summed E-state index contributed by atoms with van der Waals surface area (Å²) < 4.78 is 5.62. The molecule has 0 radical (unpaired) electrons. The number of aryl methyl sites for hydroxylation is 1. The van der Waals surface area contributed by atoms with Crippen molar-refractivity contribution in [1.82, 2.24) is 10.6 Å². The number of benzene rings is 1. The maximum atomic E-state index is 12.8. The van der Waals surface area contributed by atoms with Crippen molar-refractivity contribution < 1.29 is 9.53 Å². The molecule has 1 aromatic rings. The molecule has 0 heterocycles. The molecule has 4 nitrogen and oxygen atoms in total. The van der Waals surface area contributed by atoms with Gasteiger partial charge in [0.25, 0.3) is 0 Å². The lowest BCUT2D eigenvalue weighted by Crippen LogP contribution is -2.57. The van der Waals surface area contributed by atoms with E-state index in [0.29, 0.717) is 11.9 Å². The van der Waals surface area contributed by atoms with Crippen molar-refractivity contribution in [3.05, 3.63) is 47.3 Å². The van der Waals surface area contributed by atoms with Crippen molar-refractivity contribution >= 4 is 6.29 Å². The predicted molar refractivity (Wildman–Crippen MR) is 112 cm³/mol. The van der Waals surface area contributed by atoms with E-state index in [9.17, 15) is 4.79 Å². The van der Waals surface area contributed by atoms with E-state index in [2.05, 4.69) is 35.4 Å². The molecule has 0 aromatic heterocycles. The second-order valence-corrected chi connectivity index (χ2v) is 9.15. The zero-order valence-electron chi connectivity index (χ0n) is 17.4. The Morgan fingerprint density at radius 1 is 1.29 bits per heavy atom. The molecule has 3 aliphatic rings. The molecule has 0 amide bonds. The highest BCUT2D eigenvalue weighted by Gasteiger charge is 2.59. The van der Waals surface area contributed by atoms with Crippen LogP contribution in [0.1, 0.15) is 61.6 Å². The summed E-state index contributed by atoms with van der Waals surface area (Å²) in [7, 11) is 3.65. The molecule has 2 saturated carbocycles. The van der Waals surface area contributed by atoms with Crippen LogP contribution in [0.3, 0.4) is 0 Å². The molecule has 0 bridgehead atoms. The topological polar surface area (TPSA) is 50.4 Å². The van der Waals surface area contributed by atoms with Crippen LogP contribution in [0.2, 0.25) is 0 Å². The minimum absolute atomic E-state index is 0.110. The first-order valence-electron chi connectivity index (χ1n) is 10.8. The van der Waals surface area contributed by atoms with Gasteiger partial charge in [0, 0.05) is 19.6 Å². The van der Waals surface area contributed by atoms with E-state index < -0.39 is 5.54 Å². The summed E-state index contributed by atoms with van der Waals surface area (Å²) in [6, 6.07) is 6.86. The summed E-state index contributed by atoms with van der Waals surface area (Å²) in [6.07, 6.45) is 11.5. The van der Waals surface area contributed by atoms with Crippen molar-refractivity contribution in [3.63, 3.8) is 0 Å². The van der Waals surface area contributed by atoms with Gasteiger partial charge in [-0.05, 0) is 67.6 Å². The first kappa shape index (κ1) is 19.5. The van der Waals surface area contributed by atoms with Crippen molar-refractivity contribution in [2.45, 2.75) is 69.4 Å². The molecule has 3 aliphatic carbocycles. The summed E-state index contributed by atoms with van der Waals surface area (Å²) in [5.41, 5.74) is 3.02. The van der Waals surface area contributed by atoms with Crippen molar-refractivity contribution in [3.8, 4) is 0 Å².